The van der Waals surface area contributed by atoms with Gasteiger partial charge >= 0.3 is 0 Å². The molecule has 0 radical (unpaired) electrons. The molecule has 0 aliphatic carbocycles. The number of likely N-dealkylation sites (tertiary alicyclic amines) is 1. The second-order valence-corrected chi connectivity index (χ2v) is 8.83. The molecule has 0 spiro atoms. The molecule has 2 amide bonds. The highest BCUT2D eigenvalue weighted by Crippen LogP contribution is 2.38. The van der Waals surface area contributed by atoms with Crippen molar-refractivity contribution >= 4 is 23.2 Å². The molecule has 2 aliphatic rings. The lowest BCUT2D eigenvalue weighted by Gasteiger charge is -2.29. The quantitative estimate of drug-likeness (QED) is 0.630. The van der Waals surface area contributed by atoms with Gasteiger partial charge < -0.3 is 9.73 Å². The minimum absolute atomic E-state index is 0.0671. The van der Waals surface area contributed by atoms with Gasteiger partial charge in [-0.05, 0) is 67.6 Å². The van der Waals surface area contributed by atoms with Gasteiger partial charge in [-0.2, -0.15) is 0 Å². The zero-order chi connectivity index (χ0) is 22.8. The highest BCUT2D eigenvalue weighted by Gasteiger charge is 2.33. The van der Waals surface area contributed by atoms with Crippen LogP contribution in [-0.2, 0) is 29.0 Å². The first kappa shape index (κ1) is 21.5. The molecule has 1 fully saturated rings. The number of para-hydroxylation sites is 2. The standard InChI is InChI=1S/C27H29N3O3/c1-19(31)28-17-22-14-15-26(33-22)25-11-6-16-29(25)18-27(32)30-23-9-4-2-7-20(23)12-13-21-8-3-5-10-24(21)30/h2-5,7-10,14-15,25H,6,11-13,16-18H2,1H3,(H,28,31). The van der Waals surface area contributed by atoms with Crippen LogP contribution in [0.2, 0.25) is 0 Å². The summed E-state index contributed by atoms with van der Waals surface area (Å²) in [5.74, 6) is 1.58. The van der Waals surface area contributed by atoms with E-state index in [1.54, 1.807) is 0 Å². The molecular weight excluding hydrogens is 414 g/mol. The largest absolute Gasteiger partial charge is 0.463 e. The van der Waals surface area contributed by atoms with Crippen molar-refractivity contribution < 1.29 is 14.0 Å². The van der Waals surface area contributed by atoms with Crippen LogP contribution >= 0.6 is 0 Å². The second kappa shape index (κ2) is 9.24. The van der Waals surface area contributed by atoms with Crippen molar-refractivity contribution in [1.29, 1.82) is 0 Å². The highest BCUT2D eigenvalue weighted by molar-refractivity contribution is 6.03. The van der Waals surface area contributed by atoms with E-state index in [4.69, 9.17) is 4.42 Å². The lowest BCUT2D eigenvalue weighted by molar-refractivity contribution is -0.120. The first-order valence-electron chi connectivity index (χ1n) is 11.7. The van der Waals surface area contributed by atoms with Gasteiger partial charge in [-0.1, -0.05) is 36.4 Å². The maximum absolute atomic E-state index is 13.8. The van der Waals surface area contributed by atoms with Crippen LogP contribution in [0.15, 0.2) is 65.1 Å². The summed E-state index contributed by atoms with van der Waals surface area (Å²) < 4.78 is 6.03. The molecule has 1 atom stereocenters. The first-order valence-corrected chi connectivity index (χ1v) is 11.7. The Hall–Kier alpha value is -3.38. The Morgan fingerprint density at radius 1 is 0.970 bits per heavy atom. The fourth-order valence-electron chi connectivity index (χ4n) is 5.01. The van der Waals surface area contributed by atoms with E-state index in [0.717, 1.165) is 55.1 Å². The molecule has 0 saturated carbocycles. The van der Waals surface area contributed by atoms with Gasteiger partial charge in [-0.3, -0.25) is 19.4 Å². The number of carbonyl (C=O) groups excluding carboxylic acids is 2. The van der Waals surface area contributed by atoms with Crippen LogP contribution in [0.3, 0.4) is 0 Å². The summed E-state index contributed by atoms with van der Waals surface area (Å²) in [6.45, 7) is 3.06. The molecule has 1 aromatic heterocycles. The van der Waals surface area contributed by atoms with Crippen LogP contribution in [-0.4, -0.2) is 29.8 Å². The number of amides is 2. The molecule has 3 heterocycles. The normalized spacial score (nSPS) is 17.8. The van der Waals surface area contributed by atoms with Crippen LogP contribution < -0.4 is 10.2 Å². The molecule has 33 heavy (non-hydrogen) atoms. The summed E-state index contributed by atoms with van der Waals surface area (Å²) >= 11 is 0. The number of nitrogens with one attached hydrogen (secondary N) is 1. The topological polar surface area (TPSA) is 65.8 Å². The third kappa shape index (κ3) is 4.44. The van der Waals surface area contributed by atoms with Crippen molar-refractivity contribution in [3.8, 4) is 0 Å². The molecule has 1 N–H and O–H groups in total. The van der Waals surface area contributed by atoms with Gasteiger partial charge in [-0.25, -0.2) is 0 Å². The zero-order valence-electron chi connectivity index (χ0n) is 18.9. The fraction of sp³-hybridized carbons (Fsp3) is 0.333. The SMILES string of the molecule is CC(=O)NCc1ccc(C2CCCN2CC(=O)N2c3ccccc3CCc3ccccc32)o1. The van der Waals surface area contributed by atoms with Gasteiger partial charge in [0.2, 0.25) is 11.8 Å². The molecular formula is C27H29N3O3. The number of carbonyl (C=O) groups is 2. The Morgan fingerprint density at radius 3 is 2.30 bits per heavy atom. The lowest BCUT2D eigenvalue weighted by atomic mass is 10.0. The summed E-state index contributed by atoms with van der Waals surface area (Å²) in [4.78, 5) is 29.1. The Bertz CT molecular complexity index is 1120. The van der Waals surface area contributed by atoms with Crippen molar-refractivity contribution in [3.05, 3.63) is 83.3 Å². The van der Waals surface area contributed by atoms with Crippen molar-refractivity contribution in [2.45, 2.75) is 45.2 Å². The summed E-state index contributed by atoms with van der Waals surface area (Å²) in [6.07, 6.45) is 3.82. The number of furan rings is 1. The number of hydrogen-bond donors (Lipinski definition) is 1. The van der Waals surface area contributed by atoms with Crippen LogP contribution in [0, 0.1) is 0 Å². The van der Waals surface area contributed by atoms with Crippen LogP contribution in [0.4, 0.5) is 11.4 Å². The number of hydrogen-bond acceptors (Lipinski definition) is 4. The average molecular weight is 444 g/mol. The number of benzene rings is 2. The Labute approximate surface area is 194 Å². The van der Waals surface area contributed by atoms with Gasteiger partial charge in [0.25, 0.3) is 0 Å². The maximum Gasteiger partial charge on any atom is 0.245 e. The number of fused-ring (bicyclic) bond motifs is 2. The van der Waals surface area contributed by atoms with Gasteiger partial charge in [0.05, 0.1) is 30.5 Å². The van der Waals surface area contributed by atoms with E-state index in [0.29, 0.717) is 13.1 Å². The predicted octanol–water partition coefficient (Wildman–Crippen LogP) is 4.52. The second-order valence-electron chi connectivity index (χ2n) is 8.83. The van der Waals surface area contributed by atoms with Crippen molar-refractivity contribution in [2.24, 2.45) is 0 Å². The number of anilines is 2. The minimum Gasteiger partial charge on any atom is -0.463 e. The average Bonchev–Trinajstić information content (AvgIpc) is 3.43. The highest BCUT2D eigenvalue weighted by atomic mass is 16.3. The van der Waals surface area contributed by atoms with E-state index < -0.39 is 0 Å². The van der Waals surface area contributed by atoms with E-state index in [1.165, 1.54) is 18.1 Å². The molecule has 1 unspecified atom stereocenters. The zero-order valence-corrected chi connectivity index (χ0v) is 18.9. The van der Waals surface area contributed by atoms with E-state index in [-0.39, 0.29) is 17.9 Å². The van der Waals surface area contributed by atoms with Gasteiger partial charge in [0.15, 0.2) is 0 Å². The van der Waals surface area contributed by atoms with Gasteiger partial charge in [0, 0.05) is 6.92 Å². The van der Waals surface area contributed by atoms with E-state index >= 15 is 0 Å². The third-order valence-electron chi connectivity index (χ3n) is 6.60. The monoisotopic (exact) mass is 443 g/mol. The molecule has 1 saturated heterocycles. The number of rotatable bonds is 5. The lowest BCUT2D eigenvalue weighted by Crippen LogP contribution is -2.38. The van der Waals surface area contributed by atoms with Crippen LogP contribution in [0.5, 0.6) is 0 Å². The molecule has 170 valence electrons. The molecule has 5 rings (SSSR count). The summed E-state index contributed by atoms with van der Waals surface area (Å²) in [7, 11) is 0. The smallest absolute Gasteiger partial charge is 0.245 e. The van der Waals surface area contributed by atoms with E-state index in [2.05, 4.69) is 34.5 Å². The number of nitrogens with zero attached hydrogens (tertiary/aromatic N) is 2. The molecule has 3 aromatic rings. The molecule has 2 aromatic carbocycles. The Kier molecular flexibility index (Phi) is 6.01. The number of aryl methyl sites for hydroxylation is 2. The van der Waals surface area contributed by atoms with Crippen molar-refractivity contribution in [2.75, 3.05) is 18.0 Å². The third-order valence-corrected chi connectivity index (χ3v) is 6.60. The first-order chi connectivity index (χ1) is 16.1. The summed E-state index contributed by atoms with van der Waals surface area (Å²) in [5, 5.41) is 2.77. The molecule has 2 aliphatic heterocycles. The maximum atomic E-state index is 13.8. The Morgan fingerprint density at radius 2 is 1.64 bits per heavy atom. The summed E-state index contributed by atoms with van der Waals surface area (Å²) in [5.41, 5.74) is 4.37. The summed E-state index contributed by atoms with van der Waals surface area (Å²) in [6, 6.07) is 20.4. The van der Waals surface area contributed by atoms with Crippen LogP contribution in [0.1, 0.15) is 48.5 Å². The fourth-order valence-corrected chi connectivity index (χ4v) is 5.01. The predicted molar refractivity (Wildman–Crippen MR) is 127 cm³/mol. The van der Waals surface area contributed by atoms with Gasteiger partial charge in [-0.15, -0.1) is 0 Å². The Balaban J connectivity index is 1.39. The van der Waals surface area contributed by atoms with E-state index in [9.17, 15) is 9.59 Å². The minimum atomic E-state index is -0.0842. The van der Waals surface area contributed by atoms with E-state index in [1.807, 2.05) is 41.3 Å². The molecule has 6 nitrogen and oxygen atoms in total. The van der Waals surface area contributed by atoms with Crippen molar-refractivity contribution in [1.82, 2.24) is 10.2 Å². The molecule has 0 bridgehead atoms. The van der Waals surface area contributed by atoms with Crippen molar-refractivity contribution in [3.63, 3.8) is 0 Å². The molecule has 6 heteroatoms. The van der Waals surface area contributed by atoms with Crippen LogP contribution in [0.25, 0.3) is 0 Å². The van der Waals surface area contributed by atoms with Gasteiger partial charge in [0.1, 0.15) is 11.5 Å².